The summed E-state index contributed by atoms with van der Waals surface area (Å²) < 4.78 is 28.4. The molecule has 3 rings (SSSR count). The zero-order chi connectivity index (χ0) is 24.0. The van der Waals surface area contributed by atoms with E-state index in [9.17, 15) is 23.3 Å². The van der Waals surface area contributed by atoms with E-state index in [0.29, 0.717) is 5.69 Å². The molecular weight excluding hydrogens is 444 g/mol. The number of benzene rings is 3. The van der Waals surface area contributed by atoms with Crippen molar-refractivity contribution in [3.05, 3.63) is 76.8 Å². The fraction of sp³-hybridized carbons (Fsp3) is 0.261. The molecule has 10 heteroatoms. The Bertz CT molecular complexity index is 1260. The van der Waals surface area contributed by atoms with Crippen LogP contribution in [0.3, 0.4) is 0 Å². The van der Waals surface area contributed by atoms with Crippen LogP contribution >= 0.6 is 0 Å². The zero-order valence-corrected chi connectivity index (χ0v) is 19.1. The Labute approximate surface area is 192 Å². The number of nitro groups is 1. The lowest BCUT2D eigenvalue weighted by atomic mass is 10.1. The molecule has 9 nitrogen and oxygen atoms in total. The Kier molecular flexibility index (Phi) is 7.62. The van der Waals surface area contributed by atoms with Crippen molar-refractivity contribution in [2.45, 2.75) is 24.8 Å². The molecule has 0 aromatic heterocycles. The number of rotatable bonds is 10. The highest BCUT2D eigenvalue weighted by Crippen LogP contribution is 2.23. The molecular formula is C23H26N4O5S. The molecule has 174 valence electrons. The van der Waals surface area contributed by atoms with Gasteiger partial charge >= 0.3 is 0 Å². The van der Waals surface area contributed by atoms with Crippen molar-refractivity contribution in [3.63, 3.8) is 0 Å². The van der Waals surface area contributed by atoms with Crippen LogP contribution in [0.1, 0.15) is 13.8 Å². The van der Waals surface area contributed by atoms with Gasteiger partial charge in [0, 0.05) is 19.2 Å². The van der Waals surface area contributed by atoms with Crippen molar-refractivity contribution >= 4 is 38.1 Å². The summed E-state index contributed by atoms with van der Waals surface area (Å²) in [7, 11) is -3.93. The van der Waals surface area contributed by atoms with Gasteiger partial charge in [-0.1, -0.05) is 56.3 Å². The fourth-order valence-electron chi connectivity index (χ4n) is 3.34. The molecule has 0 aliphatic heterocycles. The molecule has 0 bridgehead atoms. The Morgan fingerprint density at radius 3 is 2.33 bits per heavy atom. The molecule has 3 aromatic rings. The molecule has 33 heavy (non-hydrogen) atoms. The molecule has 1 amide bonds. The molecule has 0 heterocycles. The number of nitrogens with one attached hydrogen (secondary N) is 3. The minimum absolute atomic E-state index is 0.0629. The number of hydrogen-bond donors (Lipinski definition) is 3. The van der Waals surface area contributed by atoms with Crippen LogP contribution in [0.2, 0.25) is 0 Å². The number of carbonyl (C=O) groups excluding carboxylic acids is 1. The number of amides is 1. The molecule has 0 aliphatic rings. The van der Waals surface area contributed by atoms with E-state index in [1.54, 1.807) is 44.2 Å². The van der Waals surface area contributed by atoms with Crippen molar-refractivity contribution in [2.24, 2.45) is 5.92 Å². The van der Waals surface area contributed by atoms with Gasteiger partial charge in [-0.3, -0.25) is 14.9 Å². The first-order valence-electron chi connectivity index (χ1n) is 10.4. The summed E-state index contributed by atoms with van der Waals surface area (Å²) in [5, 5.41) is 18.4. The van der Waals surface area contributed by atoms with Crippen LogP contribution in [-0.2, 0) is 14.8 Å². The highest BCUT2D eigenvalue weighted by Gasteiger charge is 2.28. The molecule has 0 saturated heterocycles. The number of carbonyl (C=O) groups is 1. The largest absolute Gasteiger partial charge is 0.378 e. The van der Waals surface area contributed by atoms with Gasteiger partial charge in [0.1, 0.15) is 11.7 Å². The molecule has 1 atom stereocenters. The van der Waals surface area contributed by atoms with Gasteiger partial charge in [-0.05, 0) is 34.9 Å². The summed E-state index contributed by atoms with van der Waals surface area (Å²) in [5.74, 6) is -0.776. The first kappa shape index (κ1) is 24.1. The van der Waals surface area contributed by atoms with E-state index in [2.05, 4.69) is 15.4 Å². The lowest BCUT2D eigenvalue weighted by Crippen LogP contribution is -2.50. The maximum atomic E-state index is 12.9. The normalized spacial score (nSPS) is 12.5. The summed E-state index contributed by atoms with van der Waals surface area (Å²) in [6.07, 6.45) is 0. The van der Waals surface area contributed by atoms with E-state index < -0.39 is 26.9 Å². The van der Waals surface area contributed by atoms with Crippen LogP contribution in [0.15, 0.2) is 71.6 Å². The van der Waals surface area contributed by atoms with Crippen LogP contribution in [0.25, 0.3) is 10.8 Å². The first-order valence-corrected chi connectivity index (χ1v) is 11.9. The first-order chi connectivity index (χ1) is 15.7. The van der Waals surface area contributed by atoms with Crippen LogP contribution in [0.5, 0.6) is 0 Å². The molecule has 0 radical (unpaired) electrons. The molecule has 0 unspecified atom stereocenters. The highest BCUT2D eigenvalue weighted by atomic mass is 32.2. The second-order valence-corrected chi connectivity index (χ2v) is 9.56. The number of fused-ring (bicyclic) bond motifs is 1. The third-order valence-electron chi connectivity index (χ3n) is 5.10. The topological polar surface area (TPSA) is 130 Å². The monoisotopic (exact) mass is 470 g/mol. The van der Waals surface area contributed by atoms with Gasteiger partial charge in [-0.15, -0.1) is 0 Å². The summed E-state index contributed by atoms with van der Waals surface area (Å²) in [6, 6.07) is 17.5. The maximum absolute atomic E-state index is 12.9. The van der Waals surface area contributed by atoms with E-state index in [4.69, 9.17) is 0 Å². The van der Waals surface area contributed by atoms with Crippen LogP contribution in [0.4, 0.5) is 11.4 Å². The van der Waals surface area contributed by atoms with Gasteiger partial charge in [0.25, 0.3) is 5.69 Å². The molecule has 0 saturated carbocycles. The van der Waals surface area contributed by atoms with Crippen molar-refractivity contribution in [1.82, 2.24) is 10.0 Å². The lowest BCUT2D eigenvalue weighted by molar-refractivity contribution is -0.384. The van der Waals surface area contributed by atoms with E-state index >= 15 is 0 Å². The number of nitro benzene ring substituents is 1. The number of sulfonamides is 1. The molecule has 0 aliphatic carbocycles. The Balaban J connectivity index is 1.63. The predicted octanol–water partition coefficient (Wildman–Crippen LogP) is 3.28. The molecule has 3 aromatic carbocycles. The van der Waals surface area contributed by atoms with Crippen molar-refractivity contribution in [3.8, 4) is 0 Å². The van der Waals surface area contributed by atoms with E-state index in [1.165, 1.54) is 12.1 Å². The number of para-hydroxylation sites is 2. The standard InChI is InChI=1S/C23H26N4O5S/c1-16(2)22(23(28)25-14-13-24-20-9-5-6-10-21(20)27(29)30)26-33(31,32)19-12-11-17-7-3-4-8-18(17)15-19/h3-12,15-16,22,24,26H,13-14H2,1-2H3,(H,25,28)/t22-/m1/s1. The maximum Gasteiger partial charge on any atom is 0.292 e. The molecule has 0 fully saturated rings. The van der Waals surface area contributed by atoms with Gasteiger partial charge in [-0.2, -0.15) is 4.72 Å². The van der Waals surface area contributed by atoms with E-state index in [-0.39, 0.29) is 29.6 Å². The Hall–Kier alpha value is -3.50. The summed E-state index contributed by atoms with van der Waals surface area (Å²) >= 11 is 0. The third kappa shape index (κ3) is 6.05. The second-order valence-electron chi connectivity index (χ2n) is 7.84. The molecule has 3 N–H and O–H groups in total. The number of nitrogens with zero attached hydrogens (tertiary/aromatic N) is 1. The zero-order valence-electron chi connectivity index (χ0n) is 18.3. The average Bonchev–Trinajstić information content (AvgIpc) is 2.79. The quantitative estimate of drug-likeness (QED) is 0.237. The van der Waals surface area contributed by atoms with Gasteiger partial charge in [0.15, 0.2) is 0 Å². The van der Waals surface area contributed by atoms with E-state index in [1.807, 2.05) is 24.3 Å². The SMILES string of the molecule is CC(C)[C@@H](NS(=O)(=O)c1ccc2ccccc2c1)C(=O)NCCNc1ccccc1[N+](=O)[O-]. The smallest absolute Gasteiger partial charge is 0.292 e. The summed E-state index contributed by atoms with van der Waals surface area (Å²) in [5.41, 5.74) is 0.279. The second kappa shape index (κ2) is 10.4. The van der Waals surface area contributed by atoms with Gasteiger partial charge in [-0.25, -0.2) is 8.42 Å². The fourth-order valence-corrected chi connectivity index (χ4v) is 4.72. The average molecular weight is 471 g/mol. The lowest BCUT2D eigenvalue weighted by Gasteiger charge is -2.22. The van der Waals surface area contributed by atoms with Crippen molar-refractivity contribution in [1.29, 1.82) is 0 Å². The number of anilines is 1. The summed E-state index contributed by atoms with van der Waals surface area (Å²) in [4.78, 5) is 23.4. The Morgan fingerprint density at radius 1 is 0.970 bits per heavy atom. The van der Waals surface area contributed by atoms with Gasteiger partial charge < -0.3 is 10.6 Å². The van der Waals surface area contributed by atoms with Crippen LogP contribution in [-0.4, -0.2) is 38.4 Å². The van der Waals surface area contributed by atoms with Crippen molar-refractivity contribution in [2.75, 3.05) is 18.4 Å². The Morgan fingerprint density at radius 2 is 1.64 bits per heavy atom. The van der Waals surface area contributed by atoms with Gasteiger partial charge in [0.05, 0.1) is 9.82 Å². The highest BCUT2D eigenvalue weighted by molar-refractivity contribution is 7.89. The van der Waals surface area contributed by atoms with E-state index in [0.717, 1.165) is 10.8 Å². The third-order valence-corrected chi connectivity index (χ3v) is 6.54. The van der Waals surface area contributed by atoms with Crippen molar-refractivity contribution < 1.29 is 18.1 Å². The summed E-state index contributed by atoms with van der Waals surface area (Å²) in [6.45, 7) is 3.89. The van der Waals surface area contributed by atoms with Crippen LogP contribution in [0, 0.1) is 16.0 Å². The predicted molar refractivity (Wildman–Crippen MR) is 127 cm³/mol. The molecule has 0 spiro atoms. The number of hydrogen-bond acceptors (Lipinski definition) is 6. The van der Waals surface area contributed by atoms with Crippen LogP contribution < -0.4 is 15.4 Å². The minimum atomic E-state index is -3.93. The van der Waals surface area contributed by atoms with Gasteiger partial charge in [0.2, 0.25) is 15.9 Å². The minimum Gasteiger partial charge on any atom is -0.378 e.